The zero-order valence-corrected chi connectivity index (χ0v) is 12.9. The fraction of sp³-hybridized carbons (Fsp3) is 0.867. The Labute approximate surface area is 126 Å². The Morgan fingerprint density at radius 1 is 1.33 bits per heavy atom. The zero-order valence-electron chi connectivity index (χ0n) is 12.9. The van der Waals surface area contributed by atoms with Gasteiger partial charge in [0, 0.05) is 13.1 Å². The highest BCUT2D eigenvalue weighted by molar-refractivity contribution is 5.92. The second-order valence-corrected chi connectivity index (χ2v) is 6.10. The second-order valence-electron chi connectivity index (χ2n) is 6.10. The molecule has 2 fully saturated rings. The minimum atomic E-state index is -0.793. The SMILES string of the molecule is CCCNC(=O)C1COCCN1C(=O)C1(N)CCCCC1. The summed E-state index contributed by atoms with van der Waals surface area (Å²) in [4.78, 5) is 26.7. The third-order valence-electron chi connectivity index (χ3n) is 4.41. The number of carbonyl (C=O) groups excluding carboxylic acids is 2. The molecular formula is C15H27N3O3. The van der Waals surface area contributed by atoms with Crippen molar-refractivity contribution in [2.75, 3.05) is 26.3 Å². The summed E-state index contributed by atoms with van der Waals surface area (Å²) in [5, 5.41) is 2.85. The van der Waals surface area contributed by atoms with Gasteiger partial charge in [0.2, 0.25) is 11.8 Å². The van der Waals surface area contributed by atoms with Gasteiger partial charge < -0.3 is 20.7 Å². The predicted molar refractivity (Wildman–Crippen MR) is 79.6 cm³/mol. The molecule has 0 bridgehead atoms. The number of nitrogens with two attached hydrogens (primary N) is 1. The number of rotatable bonds is 4. The molecule has 1 saturated carbocycles. The van der Waals surface area contributed by atoms with Crippen LogP contribution in [0.4, 0.5) is 0 Å². The molecule has 0 aromatic heterocycles. The number of hydrogen-bond donors (Lipinski definition) is 2. The highest BCUT2D eigenvalue weighted by atomic mass is 16.5. The van der Waals surface area contributed by atoms with Crippen LogP contribution in [0.2, 0.25) is 0 Å². The summed E-state index contributed by atoms with van der Waals surface area (Å²) in [5.41, 5.74) is 5.54. The molecule has 0 aromatic carbocycles. The molecule has 1 unspecified atom stereocenters. The predicted octanol–water partition coefficient (Wildman–Crippen LogP) is 0.402. The minimum absolute atomic E-state index is 0.0813. The van der Waals surface area contributed by atoms with Crippen molar-refractivity contribution in [3.63, 3.8) is 0 Å². The van der Waals surface area contributed by atoms with E-state index in [4.69, 9.17) is 10.5 Å². The number of hydrogen-bond acceptors (Lipinski definition) is 4. The van der Waals surface area contributed by atoms with Gasteiger partial charge in [0.05, 0.1) is 18.8 Å². The summed E-state index contributed by atoms with van der Waals surface area (Å²) in [7, 11) is 0. The number of amides is 2. The van der Waals surface area contributed by atoms with Crippen molar-refractivity contribution in [2.45, 2.75) is 57.0 Å². The third-order valence-corrected chi connectivity index (χ3v) is 4.41. The Morgan fingerprint density at radius 3 is 2.71 bits per heavy atom. The van der Waals surface area contributed by atoms with E-state index in [1.807, 2.05) is 6.92 Å². The van der Waals surface area contributed by atoms with E-state index < -0.39 is 11.6 Å². The van der Waals surface area contributed by atoms with E-state index in [0.29, 0.717) is 32.5 Å². The largest absolute Gasteiger partial charge is 0.377 e. The number of nitrogens with one attached hydrogen (secondary N) is 1. The first kappa shape index (κ1) is 16.2. The summed E-state index contributed by atoms with van der Waals surface area (Å²) >= 11 is 0. The van der Waals surface area contributed by atoms with Crippen molar-refractivity contribution in [1.29, 1.82) is 0 Å². The first-order valence-electron chi connectivity index (χ1n) is 8.04. The van der Waals surface area contributed by atoms with Crippen molar-refractivity contribution in [3.8, 4) is 0 Å². The standard InChI is InChI=1S/C15H27N3O3/c1-2-8-17-13(19)12-11-21-10-9-18(12)14(20)15(16)6-4-3-5-7-15/h12H,2-11,16H2,1H3,(H,17,19). The molecule has 2 rings (SSSR count). The van der Waals surface area contributed by atoms with Gasteiger partial charge >= 0.3 is 0 Å². The number of carbonyl (C=O) groups is 2. The van der Waals surface area contributed by atoms with E-state index in [1.54, 1.807) is 4.90 Å². The van der Waals surface area contributed by atoms with Gasteiger partial charge in [-0.15, -0.1) is 0 Å². The zero-order chi connectivity index (χ0) is 15.3. The summed E-state index contributed by atoms with van der Waals surface area (Å²) in [5.74, 6) is -0.216. The Bertz CT molecular complexity index is 380. The second kappa shape index (κ2) is 7.22. The monoisotopic (exact) mass is 297 g/mol. The van der Waals surface area contributed by atoms with Crippen molar-refractivity contribution in [2.24, 2.45) is 5.73 Å². The first-order valence-corrected chi connectivity index (χ1v) is 8.04. The lowest BCUT2D eigenvalue weighted by molar-refractivity contribution is -0.153. The Morgan fingerprint density at radius 2 is 2.05 bits per heavy atom. The molecule has 3 N–H and O–H groups in total. The molecule has 1 saturated heterocycles. The van der Waals surface area contributed by atoms with Crippen LogP contribution in [0, 0.1) is 0 Å². The number of morpholine rings is 1. The van der Waals surface area contributed by atoms with Gasteiger partial charge in [0.1, 0.15) is 6.04 Å². The van der Waals surface area contributed by atoms with Gasteiger partial charge in [0.25, 0.3) is 0 Å². The third kappa shape index (κ3) is 3.74. The molecule has 1 aliphatic heterocycles. The quantitative estimate of drug-likeness (QED) is 0.787. The molecule has 2 amide bonds. The average molecular weight is 297 g/mol. The van der Waals surface area contributed by atoms with Crippen LogP contribution in [0.15, 0.2) is 0 Å². The first-order chi connectivity index (χ1) is 10.1. The summed E-state index contributed by atoms with van der Waals surface area (Å²) in [6, 6.07) is -0.542. The lowest BCUT2D eigenvalue weighted by atomic mass is 9.81. The summed E-state index contributed by atoms with van der Waals surface area (Å²) < 4.78 is 5.39. The molecule has 6 heteroatoms. The normalized spacial score (nSPS) is 25.4. The Hall–Kier alpha value is -1.14. The highest BCUT2D eigenvalue weighted by Gasteiger charge is 2.43. The smallest absolute Gasteiger partial charge is 0.245 e. The molecule has 21 heavy (non-hydrogen) atoms. The van der Waals surface area contributed by atoms with Crippen LogP contribution in [0.5, 0.6) is 0 Å². The molecule has 2 aliphatic rings. The van der Waals surface area contributed by atoms with E-state index >= 15 is 0 Å². The van der Waals surface area contributed by atoms with Crippen LogP contribution in [-0.4, -0.2) is 54.6 Å². The average Bonchev–Trinajstić information content (AvgIpc) is 2.52. The minimum Gasteiger partial charge on any atom is -0.377 e. The Balaban J connectivity index is 2.06. The van der Waals surface area contributed by atoms with Gasteiger partial charge in [-0.1, -0.05) is 26.2 Å². The molecule has 6 nitrogen and oxygen atoms in total. The van der Waals surface area contributed by atoms with Gasteiger partial charge in [-0.25, -0.2) is 0 Å². The summed E-state index contributed by atoms with van der Waals surface area (Å²) in [6.07, 6.45) is 5.40. The van der Waals surface area contributed by atoms with Crippen molar-refractivity contribution < 1.29 is 14.3 Å². The van der Waals surface area contributed by atoms with E-state index in [1.165, 1.54) is 0 Å². The van der Waals surface area contributed by atoms with Crippen LogP contribution in [-0.2, 0) is 14.3 Å². The topological polar surface area (TPSA) is 84.7 Å². The maximum absolute atomic E-state index is 12.8. The van der Waals surface area contributed by atoms with Crippen LogP contribution in [0.3, 0.4) is 0 Å². The lowest BCUT2D eigenvalue weighted by Gasteiger charge is -2.41. The van der Waals surface area contributed by atoms with Crippen molar-refractivity contribution >= 4 is 11.8 Å². The van der Waals surface area contributed by atoms with Crippen LogP contribution >= 0.6 is 0 Å². The lowest BCUT2D eigenvalue weighted by Crippen LogP contribution is -2.64. The maximum atomic E-state index is 12.8. The van der Waals surface area contributed by atoms with Crippen LogP contribution in [0.25, 0.3) is 0 Å². The van der Waals surface area contributed by atoms with Gasteiger partial charge in [-0.2, -0.15) is 0 Å². The molecular weight excluding hydrogens is 270 g/mol. The molecule has 1 aliphatic carbocycles. The molecule has 0 spiro atoms. The fourth-order valence-electron chi connectivity index (χ4n) is 3.11. The number of nitrogens with zero attached hydrogens (tertiary/aromatic N) is 1. The van der Waals surface area contributed by atoms with E-state index in [9.17, 15) is 9.59 Å². The van der Waals surface area contributed by atoms with Crippen molar-refractivity contribution in [1.82, 2.24) is 10.2 Å². The molecule has 120 valence electrons. The van der Waals surface area contributed by atoms with Gasteiger partial charge in [-0.3, -0.25) is 9.59 Å². The Kier molecular flexibility index (Phi) is 5.58. The summed E-state index contributed by atoms with van der Waals surface area (Å²) in [6.45, 7) is 3.79. The molecule has 0 radical (unpaired) electrons. The highest BCUT2D eigenvalue weighted by Crippen LogP contribution is 2.28. The van der Waals surface area contributed by atoms with Crippen LogP contribution in [0.1, 0.15) is 45.4 Å². The van der Waals surface area contributed by atoms with Crippen LogP contribution < -0.4 is 11.1 Å². The molecule has 1 atom stereocenters. The van der Waals surface area contributed by atoms with Gasteiger partial charge in [-0.05, 0) is 19.3 Å². The maximum Gasteiger partial charge on any atom is 0.245 e. The van der Waals surface area contributed by atoms with Gasteiger partial charge in [0.15, 0.2) is 0 Å². The number of ether oxygens (including phenoxy) is 1. The fourth-order valence-corrected chi connectivity index (χ4v) is 3.11. The molecule has 1 heterocycles. The van der Waals surface area contributed by atoms with E-state index in [0.717, 1.165) is 25.7 Å². The van der Waals surface area contributed by atoms with E-state index in [-0.39, 0.29) is 18.4 Å². The van der Waals surface area contributed by atoms with E-state index in [2.05, 4.69) is 5.32 Å². The van der Waals surface area contributed by atoms with Crippen molar-refractivity contribution in [3.05, 3.63) is 0 Å². The molecule has 0 aromatic rings.